The van der Waals surface area contributed by atoms with Crippen LogP contribution in [0.1, 0.15) is 37.3 Å². The number of aromatic nitrogens is 5. The Hall–Kier alpha value is -3.07. The predicted molar refractivity (Wildman–Crippen MR) is 105 cm³/mol. The number of nitrogens with zero attached hydrogens (tertiary/aromatic N) is 5. The van der Waals surface area contributed by atoms with Gasteiger partial charge in [-0.1, -0.05) is 13.0 Å². The van der Waals surface area contributed by atoms with Crippen LogP contribution in [0.3, 0.4) is 0 Å². The van der Waals surface area contributed by atoms with Crippen LogP contribution in [-0.4, -0.2) is 43.6 Å². The Kier molecular flexibility index (Phi) is 9.93. The van der Waals surface area contributed by atoms with Gasteiger partial charge in [0.1, 0.15) is 36.7 Å². The largest absolute Gasteiger partial charge is 1.00 e. The third kappa shape index (κ3) is 6.78. The quantitative estimate of drug-likeness (QED) is 0.185. The molecule has 15 heteroatoms. The molecule has 36 heavy (non-hydrogen) atoms. The molecule has 1 aromatic carbocycles. The van der Waals surface area contributed by atoms with Gasteiger partial charge in [0, 0.05) is 29.6 Å². The summed E-state index contributed by atoms with van der Waals surface area (Å²) in [6.07, 6.45) is 2.14. The summed E-state index contributed by atoms with van der Waals surface area (Å²) in [4.78, 5) is 29.4. The maximum Gasteiger partial charge on any atom is 1.00 e. The average Bonchev–Trinajstić information content (AvgIpc) is 3.25. The number of carboxylic acid groups (broad SMARTS) is 1. The van der Waals surface area contributed by atoms with Crippen LogP contribution in [0.4, 0.5) is 18.0 Å². The topological polar surface area (TPSA) is 143 Å². The van der Waals surface area contributed by atoms with Crippen molar-refractivity contribution in [3.63, 3.8) is 0 Å². The number of rotatable bonds is 9. The molecule has 0 aliphatic rings. The SMILES string of the molecule is CC(OC(=O)OCC(=O)[O-])[n+]1cnn(C[C@](O)(c2ccc(F)cc2F)[C@@H](C)c2ncncc2F)c1.[Na+]. The van der Waals surface area contributed by atoms with Gasteiger partial charge in [0.05, 0.1) is 17.9 Å². The Morgan fingerprint density at radius 1 is 1.25 bits per heavy atom. The molecule has 2 aromatic heterocycles. The van der Waals surface area contributed by atoms with E-state index in [1.165, 1.54) is 31.1 Å². The van der Waals surface area contributed by atoms with Crippen molar-refractivity contribution in [3.8, 4) is 0 Å². The van der Waals surface area contributed by atoms with Gasteiger partial charge in [0.25, 0.3) is 6.33 Å². The second kappa shape index (κ2) is 12.3. The Morgan fingerprint density at radius 3 is 2.61 bits per heavy atom. The van der Waals surface area contributed by atoms with Gasteiger partial charge in [-0.3, -0.25) is 0 Å². The van der Waals surface area contributed by atoms with Crippen LogP contribution in [0.25, 0.3) is 0 Å². The van der Waals surface area contributed by atoms with Crippen molar-refractivity contribution in [3.05, 3.63) is 72.1 Å². The Balaban J connectivity index is 0.00000456. The molecular formula is C21H20F3N5NaO6+. The first kappa shape index (κ1) is 29.2. The van der Waals surface area contributed by atoms with E-state index >= 15 is 0 Å². The molecule has 1 N–H and O–H groups in total. The number of hydrogen-bond acceptors (Lipinski definition) is 9. The predicted octanol–water partition coefficient (Wildman–Crippen LogP) is -2.50. The van der Waals surface area contributed by atoms with E-state index in [1.54, 1.807) is 0 Å². The maximum absolute atomic E-state index is 14.8. The number of hydrogen-bond donors (Lipinski definition) is 1. The van der Waals surface area contributed by atoms with Crippen LogP contribution < -0.4 is 39.2 Å². The van der Waals surface area contributed by atoms with Gasteiger partial charge in [-0.2, -0.15) is 4.57 Å². The van der Waals surface area contributed by atoms with Crippen LogP contribution in [0, 0.1) is 17.5 Å². The maximum atomic E-state index is 14.8. The monoisotopic (exact) mass is 518 g/mol. The Bertz CT molecular complexity index is 1230. The van der Waals surface area contributed by atoms with Gasteiger partial charge in [0.2, 0.25) is 12.6 Å². The summed E-state index contributed by atoms with van der Waals surface area (Å²) in [6, 6.07) is 2.57. The first-order valence-corrected chi connectivity index (χ1v) is 10.1. The number of ether oxygens (including phenoxy) is 2. The summed E-state index contributed by atoms with van der Waals surface area (Å²) in [5, 5.41) is 26.0. The smallest absolute Gasteiger partial charge is 0.546 e. The summed E-state index contributed by atoms with van der Waals surface area (Å²) in [7, 11) is 0. The first-order chi connectivity index (χ1) is 16.5. The molecule has 186 valence electrons. The van der Waals surface area contributed by atoms with Gasteiger partial charge < -0.3 is 24.5 Å². The molecule has 0 saturated carbocycles. The molecule has 0 saturated heterocycles. The standard InChI is InChI=1S/C21H20F3N5O6.Na/c1-12(19-17(24)6-25-9-26-19)21(33,15-4-3-14(22)5-16(15)23)8-29-11-28(10-27-29)13(2)35-20(32)34-7-18(30)31;/h3-6,9-13,33H,7-8H2,1-2H3;/q;+1/t12-,13?,21+;/m0./s1. The fraction of sp³-hybridized carbons (Fsp3) is 0.333. The molecule has 3 rings (SSSR count). The van der Waals surface area contributed by atoms with Crippen LogP contribution in [0.2, 0.25) is 0 Å². The normalized spacial score (nSPS) is 14.2. The van der Waals surface area contributed by atoms with E-state index in [0.717, 1.165) is 29.3 Å². The third-order valence-electron chi connectivity index (χ3n) is 5.22. The molecule has 1 unspecified atom stereocenters. The van der Waals surface area contributed by atoms with Gasteiger partial charge in [-0.05, 0) is 6.07 Å². The van der Waals surface area contributed by atoms with E-state index in [-0.39, 0.29) is 40.8 Å². The van der Waals surface area contributed by atoms with E-state index in [9.17, 15) is 33.0 Å². The van der Waals surface area contributed by atoms with Gasteiger partial charge in [-0.15, -0.1) is 4.68 Å². The number of aliphatic carboxylic acids is 1. The van der Waals surface area contributed by atoms with Gasteiger partial charge >= 0.3 is 35.7 Å². The van der Waals surface area contributed by atoms with E-state index in [4.69, 9.17) is 4.74 Å². The minimum Gasteiger partial charge on any atom is -0.546 e. The van der Waals surface area contributed by atoms with Gasteiger partial charge in [-0.25, -0.2) is 27.9 Å². The molecule has 0 aliphatic carbocycles. The van der Waals surface area contributed by atoms with E-state index < -0.39 is 60.5 Å². The Labute approximate surface area is 224 Å². The Morgan fingerprint density at radius 2 is 1.97 bits per heavy atom. The van der Waals surface area contributed by atoms with Crippen LogP contribution in [-0.2, 0) is 26.4 Å². The zero-order valence-corrected chi connectivity index (χ0v) is 21.5. The van der Waals surface area contributed by atoms with Crippen molar-refractivity contribution in [1.29, 1.82) is 0 Å². The summed E-state index contributed by atoms with van der Waals surface area (Å²) < 4.78 is 54.4. The molecule has 0 fully saturated rings. The zero-order valence-electron chi connectivity index (χ0n) is 19.5. The second-order valence-electron chi connectivity index (χ2n) is 7.55. The minimum absolute atomic E-state index is 0. The fourth-order valence-electron chi connectivity index (χ4n) is 3.37. The van der Waals surface area contributed by atoms with E-state index in [1.807, 2.05) is 0 Å². The number of carbonyl (C=O) groups excluding carboxylic acids is 2. The molecule has 0 radical (unpaired) electrons. The summed E-state index contributed by atoms with van der Waals surface area (Å²) in [5.41, 5.74) is -2.71. The number of aliphatic hydroxyl groups is 1. The van der Waals surface area contributed by atoms with Crippen LogP contribution in [0.15, 0.2) is 43.4 Å². The average molecular weight is 518 g/mol. The molecule has 0 bridgehead atoms. The molecule has 0 spiro atoms. The molecule has 11 nitrogen and oxygen atoms in total. The van der Waals surface area contributed by atoms with Gasteiger partial charge in [0.15, 0.2) is 5.82 Å². The minimum atomic E-state index is -2.17. The summed E-state index contributed by atoms with van der Waals surface area (Å²) >= 11 is 0. The van der Waals surface area contributed by atoms with E-state index in [0.29, 0.717) is 6.07 Å². The van der Waals surface area contributed by atoms with Crippen LogP contribution >= 0.6 is 0 Å². The summed E-state index contributed by atoms with van der Waals surface area (Å²) in [5.74, 6) is -5.55. The molecule has 2 heterocycles. The van der Waals surface area contributed by atoms with Crippen molar-refractivity contribution < 1.29 is 76.6 Å². The number of carbonyl (C=O) groups is 2. The number of halogens is 3. The van der Waals surface area contributed by atoms with Crippen molar-refractivity contribution in [2.45, 2.75) is 38.1 Å². The van der Waals surface area contributed by atoms with E-state index in [2.05, 4.69) is 19.8 Å². The molecule has 0 amide bonds. The van der Waals surface area contributed by atoms with Crippen molar-refractivity contribution in [2.24, 2.45) is 0 Å². The first-order valence-electron chi connectivity index (χ1n) is 10.1. The van der Waals surface area contributed by atoms with Crippen molar-refractivity contribution in [1.82, 2.24) is 19.7 Å². The van der Waals surface area contributed by atoms with Crippen molar-refractivity contribution >= 4 is 12.1 Å². The number of benzene rings is 1. The fourth-order valence-corrected chi connectivity index (χ4v) is 3.37. The van der Waals surface area contributed by atoms with Crippen LogP contribution in [0.5, 0.6) is 0 Å². The molecule has 3 atom stereocenters. The summed E-state index contributed by atoms with van der Waals surface area (Å²) in [6.45, 7) is 1.38. The molecule has 0 aliphatic heterocycles. The third-order valence-corrected chi connectivity index (χ3v) is 5.22. The molecule has 3 aromatic rings. The molecular weight excluding hydrogens is 498 g/mol. The number of carboxylic acids is 1. The second-order valence-corrected chi connectivity index (χ2v) is 7.55. The van der Waals surface area contributed by atoms with Crippen molar-refractivity contribution in [2.75, 3.05) is 6.61 Å². The zero-order chi connectivity index (χ0) is 25.8.